The van der Waals surface area contributed by atoms with Crippen molar-refractivity contribution in [2.24, 2.45) is 0 Å². The van der Waals surface area contributed by atoms with Crippen LogP contribution < -0.4 is 0 Å². The van der Waals surface area contributed by atoms with Crippen LogP contribution >= 0.6 is 0 Å². The number of pyridine rings is 2. The summed E-state index contributed by atoms with van der Waals surface area (Å²) in [5.74, 6) is 0. The summed E-state index contributed by atoms with van der Waals surface area (Å²) < 4.78 is 8.86. The molecule has 5 heterocycles. The van der Waals surface area contributed by atoms with Crippen molar-refractivity contribution in [1.82, 2.24) is 29.0 Å². The van der Waals surface area contributed by atoms with Crippen molar-refractivity contribution in [1.29, 1.82) is 0 Å². The first-order valence-corrected chi connectivity index (χ1v) is 9.54. The monoisotopic (exact) mass is 398 g/mol. The van der Waals surface area contributed by atoms with E-state index in [1.807, 2.05) is 67.0 Å². The summed E-state index contributed by atoms with van der Waals surface area (Å²) >= 11 is 0. The van der Waals surface area contributed by atoms with Crippen molar-refractivity contribution < 1.29 is 4.42 Å². The van der Waals surface area contributed by atoms with Gasteiger partial charge in [0.15, 0.2) is 17.6 Å². The lowest BCUT2D eigenvalue weighted by Gasteiger charge is -1.93. The van der Waals surface area contributed by atoms with Gasteiger partial charge in [-0.25, -0.2) is 19.5 Å². The summed E-state index contributed by atoms with van der Waals surface area (Å²) in [5.41, 5.74) is 7.33. The summed E-state index contributed by atoms with van der Waals surface area (Å²) in [7, 11) is 0. The highest BCUT2D eigenvalue weighted by Crippen LogP contribution is 2.12. The highest BCUT2D eigenvalue weighted by Gasteiger charge is 1.95. The molecule has 0 radical (unpaired) electrons. The van der Waals surface area contributed by atoms with E-state index in [-0.39, 0.29) is 0 Å². The topological polar surface area (TPSA) is 73.5 Å². The zero-order valence-electron chi connectivity index (χ0n) is 17.1. The molecule has 0 aliphatic carbocycles. The summed E-state index contributed by atoms with van der Waals surface area (Å²) in [6.07, 6.45) is 10.8. The Morgan fingerprint density at radius 2 is 1.53 bits per heavy atom. The van der Waals surface area contributed by atoms with Gasteiger partial charge in [0.2, 0.25) is 0 Å². The second-order valence-corrected chi connectivity index (χ2v) is 6.99. The largest absolute Gasteiger partial charge is 0.443 e. The fraction of sp³-hybridized carbons (Fsp3) is 0.130. The number of nitrogens with zero attached hydrogens (tertiary/aromatic N) is 6. The minimum Gasteiger partial charge on any atom is -0.443 e. The first-order chi connectivity index (χ1) is 14.6. The number of hydrogen-bond acceptors (Lipinski definition) is 5. The smallest absolute Gasteiger partial charge is 0.181 e. The van der Waals surface area contributed by atoms with E-state index in [0.717, 1.165) is 22.4 Å². The average molecular weight is 398 g/mol. The maximum Gasteiger partial charge on any atom is 0.181 e. The fourth-order valence-corrected chi connectivity index (χ4v) is 2.91. The Bertz CT molecular complexity index is 1220. The summed E-state index contributed by atoms with van der Waals surface area (Å²) in [6, 6.07) is 14.0. The second kappa shape index (κ2) is 8.57. The molecule has 0 bridgehead atoms. The highest BCUT2D eigenvalue weighted by atomic mass is 16.3. The van der Waals surface area contributed by atoms with Gasteiger partial charge in [0.25, 0.3) is 0 Å². The highest BCUT2D eigenvalue weighted by molar-refractivity contribution is 5.72. The molecule has 7 nitrogen and oxygen atoms in total. The molecule has 30 heavy (non-hydrogen) atoms. The summed E-state index contributed by atoms with van der Waals surface area (Å²) in [6.45, 7) is 6.13. The Hall–Kier alpha value is -4.00. The van der Waals surface area contributed by atoms with Crippen LogP contribution in [0, 0.1) is 20.8 Å². The second-order valence-electron chi connectivity index (χ2n) is 6.99. The molecular weight excluding hydrogens is 376 g/mol. The number of benzene rings is 1. The number of hydrogen-bond donors (Lipinski definition) is 0. The van der Waals surface area contributed by atoms with Gasteiger partial charge in [0.1, 0.15) is 17.5 Å². The molecule has 0 N–H and O–H groups in total. The van der Waals surface area contributed by atoms with Crippen LogP contribution in [0.15, 0.2) is 84.4 Å². The molecule has 0 spiro atoms. The molecule has 7 heteroatoms. The van der Waals surface area contributed by atoms with Crippen LogP contribution in [0.4, 0.5) is 0 Å². The quantitative estimate of drug-likeness (QED) is 0.367. The first-order valence-electron chi connectivity index (χ1n) is 9.54. The van der Waals surface area contributed by atoms with E-state index in [2.05, 4.69) is 39.2 Å². The lowest BCUT2D eigenvalue weighted by Crippen LogP contribution is -1.86. The third-order valence-corrected chi connectivity index (χ3v) is 4.45. The van der Waals surface area contributed by atoms with Crippen molar-refractivity contribution >= 4 is 22.4 Å². The fourth-order valence-electron chi connectivity index (χ4n) is 2.91. The lowest BCUT2D eigenvalue weighted by atomic mass is 10.2. The van der Waals surface area contributed by atoms with E-state index in [0.29, 0.717) is 0 Å². The number of aromatic nitrogens is 6. The van der Waals surface area contributed by atoms with Gasteiger partial charge >= 0.3 is 0 Å². The summed E-state index contributed by atoms with van der Waals surface area (Å²) in [5, 5.41) is 3.99. The van der Waals surface area contributed by atoms with E-state index >= 15 is 0 Å². The average Bonchev–Trinajstić information content (AvgIpc) is 3.48. The van der Waals surface area contributed by atoms with Crippen molar-refractivity contribution in [3.63, 3.8) is 0 Å². The normalized spacial score (nSPS) is 10.5. The van der Waals surface area contributed by atoms with Crippen molar-refractivity contribution in [2.45, 2.75) is 20.8 Å². The Balaban J connectivity index is 0.000000109. The molecule has 1 aromatic carbocycles. The zero-order chi connectivity index (χ0) is 20.9. The molecule has 0 unspecified atom stereocenters. The predicted octanol–water partition coefficient (Wildman–Crippen LogP) is 4.82. The molecule has 0 fully saturated rings. The third kappa shape index (κ3) is 4.52. The van der Waals surface area contributed by atoms with Gasteiger partial charge in [0, 0.05) is 24.8 Å². The van der Waals surface area contributed by atoms with E-state index in [9.17, 15) is 0 Å². The molecule has 150 valence electrons. The van der Waals surface area contributed by atoms with Gasteiger partial charge in [-0.2, -0.15) is 5.10 Å². The van der Waals surface area contributed by atoms with Crippen molar-refractivity contribution in [3.8, 4) is 0 Å². The number of imidazole rings is 1. The predicted molar refractivity (Wildman–Crippen MR) is 116 cm³/mol. The number of fused-ring (bicyclic) bond motifs is 3. The van der Waals surface area contributed by atoms with Gasteiger partial charge in [-0.1, -0.05) is 18.2 Å². The Kier molecular flexibility index (Phi) is 5.52. The molecule has 0 amide bonds. The van der Waals surface area contributed by atoms with Gasteiger partial charge in [-0.15, -0.1) is 0 Å². The molecule has 5 aromatic heterocycles. The van der Waals surface area contributed by atoms with E-state index < -0.39 is 0 Å². The molecule has 0 saturated carbocycles. The van der Waals surface area contributed by atoms with Gasteiger partial charge in [0.05, 0.1) is 0 Å². The Labute approximate surface area is 173 Å². The van der Waals surface area contributed by atoms with Crippen LogP contribution in [0.1, 0.15) is 16.7 Å². The minimum atomic E-state index is 0.861. The number of oxazole rings is 1. The van der Waals surface area contributed by atoms with Crippen LogP contribution in [0.25, 0.3) is 22.4 Å². The van der Waals surface area contributed by atoms with Gasteiger partial charge in [-0.05, 0) is 61.7 Å². The zero-order valence-corrected chi connectivity index (χ0v) is 17.1. The van der Waals surface area contributed by atoms with E-state index in [1.165, 1.54) is 23.1 Å². The van der Waals surface area contributed by atoms with E-state index in [4.69, 9.17) is 4.42 Å². The van der Waals surface area contributed by atoms with Crippen molar-refractivity contribution in [3.05, 3.63) is 96.7 Å². The summed E-state index contributed by atoms with van der Waals surface area (Å²) in [4.78, 5) is 12.1. The maximum absolute atomic E-state index is 5.09. The Morgan fingerprint density at radius 3 is 2.40 bits per heavy atom. The van der Waals surface area contributed by atoms with Crippen LogP contribution in [-0.2, 0) is 0 Å². The Morgan fingerprint density at radius 1 is 0.767 bits per heavy atom. The van der Waals surface area contributed by atoms with Crippen molar-refractivity contribution in [2.75, 3.05) is 0 Å². The van der Waals surface area contributed by atoms with Gasteiger partial charge < -0.3 is 8.82 Å². The van der Waals surface area contributed by atoms with Gasteiger partial charge in [-0.3, -0.25) is 0 Å². The van der Waals surface area contributed by atoms with Crippen LogP contribution in [0.5, 0.6) is 0 Å². The number of rotatable bonds is 0. The van der Waals surface area contributed by atoms with Crippen LogP contribution in [-0.4, -0.2) is 29.0 Å². The first kappa shape index (κ1) is 19.3. The van der Waals surface area contributed by atoms with Crippen LogP contribution in [0.3, 0.4) is 0 Å². The molecule has 0 aliphatic rings. The number of aryl methyl sites for hydroxylation is 3. The molecule has 0 saturated heterocycles. The molecular formula is C23H22N6O. The van der Waals surface area contributed by atoms with Crippen LogP contribution in [0.2, 0.25) is 0 Å². The molecule has 0 aliphatic heterocycles. The molecule has 0 atom stereocenters. The molecule has 6 rings (SSSR count). The van der Waals surface area contributed by atoms with E-state index in [1.54, 1.807) is 17.0 Å². The SMILES string of the molecule is Cc1ccc2nccn2c1.Cc1ccc2ncnn2c1.Cc1ccc2ncoc2c1. The molecule has 6 aromatic rings. The minimum absolute atomic E-state index is 0.861. The lowest BCUT2D eigenvalue weighted by molar-refractivity contribution is 0.602. The maximum atomic E-state index is 5.09. The standard InChI is InChI=1S/C8H8N2.C8H7NO.C7H7N3/c1-7-2-3-8-9-4-5-10(8)6-7;1-6-2-3-7-8(4-6)10-5-9-7;1-6-2-3-7-8-5-9-10(7)4-6/h2-6H,1H3;2*2-5H,1H3. The third-order valence-electron chi connectivity index (χ3n) is 4.45.